The van der Waals surface area contributed by atoms with Crippen molar-refractivity contribution in [3.05, 3.63) is 0 Å². The molecular weight excluding hydrogens is 218 g/mol. The number of rotatable bonds is 3. The summed E-state index contributed by atoms with van der Waals surface area (Å²) >= 11 is 0. The predicted octanol–water partition coefficient (Wildman–Crippen LogP) is 4.91. The van der Waals surface area contributed by atoms with Gasteiger partial charge in [0.25, 0.3) is 0 Å². The largest absolute Gasteiger partial charge is 0.314 e. The fraction of sp³-hybridized carbons (Fsp3) is 1.00. The molecule has 0 unspecified atom stereocenters. The van der Waals surface area contributed by atoms with Crippen LogP contribution in [0, 0.1) is 11.3 Å². The van der Waals surface area contributed by atoms with Gasteiger partial charge in [-0.05, 0) is 56.4 Å². The van der Waals surface area contributed by atoms with Crippen molar-refractivity contribution in [2.45, 2.75) is 90.5 Å². The summed E-state index contributed by atoms with van der Waals surface area (Å²) in [7, 11) is 0. The highest BCUT2D eigenvalue weighted by atomic mass is 14.9. The smallest absolute Gasteiger partial charge is 0.00675 e. The van der Waals surface area contributed by atoms with Gasteiger partial charge in [0, 0.05) is 6.04 Å². The third-order valence-electron chi connectivity index (χ3n) is 5.26. The van der Waals surface area contributed by atoms with E-state index in [1.165, 1.54) is 77.2 Å². The van der Waals surface area contributed by atoms with Gasteiger partial charge in [-0.25, -0.2) is 0 Å². The summed E-state index contributed by atoms with van der Waals surface area (Å²) in [5.41, 5.74) is 0.610. The first-order valence-corrected chi connectivity index (χ1v) is 8.39. The van der Waals surface area contributed by atoms with Gasteiger partial charge in [-0.15, -0.1) is 0 Å². The van der Waals surface area contributed by atoms with Gasteiger partial charge >= 0.3 is 0 Å². The van der Waals surface area contributed by atoms with Gasteiger partial charge in [-0.2, -0.15) is 0 Å². The molecule has 2 aliphatic carbocycles. The molecule has 0 radical (unpaired) electrons. The molecule has 0 heterocycles. The van der Waals surface area contributed by atoms with E-state index in [9.17, 15) is 0 Å². The lowest BCUT2D eigenvalue weighted by Gasteiger charge is -2.35. The average Bonchev–Trinajstić information content (AvgIpc) is 2.29. The highest BCUT2D eigenvalue weighted by Crippen LogP contribution is 2.35. The highest BCUT2D eigenvalue weighted by molar-refractivity contribution is 4.82. The molecule has 0 atom stereocenters. The first-order chi connectivity index (χ1) is 8.66. The zero-order valence-electron chi connectivity index (χ0n) is 12.6. The summed E-state index contributed by atoms with van der Waals surface area (Å²) in [6, 6.07) is 0.823. The van der Waals surface area contributed by atoms with Gasteiger partial charge in [0.1, 0.15) is 0 Å². The quantitative estimate of drug-likeness (QED) is 0.752. The summed E-state index contributed by atoms with van der Waals surface area (Å²) in [5, 5.41) is 3.88. The molecule has 0 amide bonds. The van der Waals surface area contributed by atoms with Gasteiger partial charge in [0.05, 0.1) is 0 Å². The maximum absolute atomic E-state index is 3.88. The molecule has 1 nitrogen and oxygen atoms in total. The van der Waals surface area contributed by atoms with E-state index in [1.54, 1.807) is 0 Å². The van der Waals surface area contributed by atoms with Gasteiger partial charge in [-0.3, -0.25) is 0 Å². The topological polar surface area (TPSA) is 12.0 Å². The second-order valence-electron chi connectivity index (χ2n) is 7.56. The highest BCUT2D eigenvalue weighted by Gasteiger charge is 2.26. The van der Waals surface area contributed by atoms with E-state index < -0.39 is 0 Å². The van der Waals surface area contributed by atoms with Crippen molar-refractivity contribution in [3.63, 3.8) is 0 Å². The molecule has 1 N–H and O–H groups in total. The molecule has 2 rings (SSSR count). The fourth-order valence-corrected chi connectivity index (χ4v) is 3.68. The van der Waals surface area contributed by atoms with Gasteiger partial charge in [-0.1, -0.05) is 46.0 Å². The van der Waals surface area contributed by atoms with Crippen molar-refractivity contribution in [3.8, 4) is 0 Å². The molecule has 2 fully saturated rings. The minimum atomic E-state index is 0.610. The first kappa shape index (κ1) is 14.4. The normalized spacial score (nSPS) is 27.7. The minimum absolute atomic E-state index is 0.610. The Morgan fingerprint density at radius 1 is 0.833 bits per heavy atom. The van der Waals surface area contributed by atoms with Gasteiger partial charge < -0.3 is 5.32 Å². The monoisotopic (exact) mass is 251 g/mol. The summed E-state index contributed by atoms with van der Waals surface area (Å²) in [4.78, 5) is 0. The van der Waals surface area contributed by atoms with Crippen LogP contribution < -0.4 is 5.32 Å². The summed E-state index contributed by atoms with van der Waals surface area (Å²) in [5.74, 6) is 0.972. The second-order valence-corrected chi connectivity index (χ2v) is 7.56. The molecular formula is C17H33N. The Bertz CT molecular complexity index is 216. The van der Waals surface area contributed by atoms with E-state index in [0.717, 1.165) is 12.0 Å². The van der Waals surface area contributed by atoms with Crippen LogP contribution in [0.3, 0.4) is 0 Å². The van der Waals surface area contributed by atoms with E-state index in [2.05, 4.69) is 19.2 Å². The van der Waals surface area contributed by atoms with E-state index in [-0.39, 0.29) is 0 Å². The van der Waals surface area contributed by atoms with E-state index in [4.69, 9.17) is 0 Å². The van der Waals surface area contributed by atoms with Crippen LogP contribution in [0.15, 0.2) is 0 Å². The van der Waals surface area contributed by atoms with Crippen LogP contribution in [0.4, 0.5) is 0 Å². The van der Waals surface area contributed by atoms with E-state index >= 15 is 0 Å². The number of hydrogen-bond donors (Lipinski definition) is 1. The van der Waals surface area contributed by atoms with Crippen molar-refractivity contribution in [1.82, 2.24) is 5.32 Å². The van der Waals surface area contributed by atoms with Crippen LogP contribution in [-0.2, 0) is 0 Å². The van der Waals surface area contributed by atoms with Crippen molar-refractivity contribution in [2.75, 3.05) is 6.54 Å². The van der Waals surface area contributed by atoms with E-state index in [1.807, 2.05) is 0 Å². The number of hydrogen-bond acceptors (Lipinski definition) is 1. The van der Waals surface area contributed by atoms with Crippen LogP contribution in [0.25, 0.3) is 0 Å². The molecule has 0 aromatic rings. The molecule has 0 aliphatic heterocycles. The SMILES string of the molecule is CC1(C)CCC(NCC2CCCCCCC2)CC1. The summed E-state index contributed by atoms with van der Waals surface area (Å²) in [6.45, 7) is 6.15. The first-order valence-electron chi connectivity index (χ1n) is 8.39. The Labute approximate surface area is 114 Å². The molecule has 0 saturated heterocycles. The van der Waals surface area contributed by atoms with Crippen molar-refractivity contribution >= 4 is 0 Å². The zero-order valence-corrected chi connectivity index (χ0v) is 12.6. The summed E-state index contributed by atoms with van der Waals surface area (Å²) in [6.07, 6.45) is 16.0. The van der Waals surface area contributed by atoms with Gasteiger partial charge in [0.15, 0.2) is 0 Å². The van der Waals surface area contributed by atoms with Crippen molar-refractivity contribution in [1.29, 1.82) is 0 Å². The maximum atomic E-state index is 3.88. The lowest BCUT2D eigenvalue weighted by molar-refractivity contribution is 0.200. The number of nitrogens with one attached hydrogen (secondary N) is 1. The Morgan fingerprint density at radius 2 is 1.39 bits per heavy atom. The maximum Gasteiger partial charge on any atom is 0.00675 e. The summed E-state index contributed by atoms with van der Waals surface area (Å²) < 4.78 is 0. The van der Waals surface area contributed by atoms with Crippen LogP contribution in [0.2, 0.25) is 0 Å². The Balaban J connectivity index is 1.64. The lowest BCUT2D eigenvalue weighted by Crippen LogP contribution is -2.38. The standard InChI is InChI=1S/C17H33N/c1-17(2)12-10-16(11-13-17)18-14-15-8-6-4-3-5-7-9-15/h15-16,18H,3-14H2,1-2H3. The Hall–Kier alpha value is -0.0400. The molecule has 0 aromatic heterocycles. The van der Waals surface area contributed by atoms with Crippen LogP contribution in [0.5, 0.6) is 0 Å². The predicted molar refractivity (Wildman–Crippen MR) is 79.8 cm³/mol. The third kappa shape index (κ3) is 4.91. The fourth-order valence-electron chi connectivity index (χ4n) is 3.68. The second kappa shape index (κ2) is 6.93. The Kier molecular flexibility index (Phi) is 5.54. The van der Waals surface area contributed by atoms with Crippen LogP contribution in [0.1, 0.15) is 84.5 Å². The molecule has 0 aromatic carbocycles. The Morgan fingerprint density at radius 3 is 2.00 bits per heavy atom. The molecule has 0 bridgehead atoms. The lowest BCUT2D eigenvalue weighted by atomic mass is 9.75. The van der Waals surface area contributed by atoms with Crippen molar-refractivity contribution < 1.29 is 0 Å². The van der Waals surface area contributed by atoms with Crippen LogP contribution >= 0.6 is 0 Å². The molecule has 2 aliphatic rings. The van der Waals surface area contributed by atoms with Gasteiger partial charge in [0.2, 0.25) is 0 Å². The minimum Gasteiger partial charge on any atom is -0.314 e. The molecule has 2 saturated carbocycles. The third-order valence-corrected chi connectivity index (χ3v) is 5.26. The molecule has 0 spiro atoms. The van der Waals surface area contributed by atoms with Crippen molar-refractivity contribution in [2.24, 2.45) is 11.3 Å². The zero-order chi connectivity index (χ0) is 12.8. The molecule has 1 heteroatoms. The molecule has 18 heavy (non-hydrogen) atoms. The molecule has 106 valence electrons. The van der Waals surface area contributed by atoms with Crippen LogP contribution in [-0.4, -0.2) is 12.6 Å². The average molecular weight is 251 g/mol. The van der Waals surface area contributed by atoms with E-state index in [0.29, 0.717) is 5.41 Å².